The van der Waals surface area contributed by atoms with Crippen LogP contribution in [-0.2, 0) is 23.1 Å². The molecule has 1 aliphatic rings. The summed E-state index contributed by atoms with van der Waals surface area (Å²) in [6.07, 6.45) is 5.73. The van der Waals surface area contributed by atoms with Crippen LogP contribution < -0.4 is 10.1 Å². The number of carboxylic acid groups (broad SMARTS) is 1. The predicted molar refractivity (Wildman–Crippen MR) is 167 cm³/mol. The van der Waals surface area contributed by atoms with Crippen molar-refractivity contribution in [1.29, 1.82) is 0 Å². The van der Waals surface area contributed by atoms with Gasteiger partial charge in [-0.25, -0.2) is 9.78 Å². The topological polar surface area (TPSA) is 88.5 Å². The molecule has 0 aliphatic heterocycles. The van der Waals surface area contributed by atoms with E-state index in [1.54, 1.807) is 6.07 Å². The maximum Gasteiger partial charge on any atom is 0.326 e. The molecule has 6 nitrogen and oxygen atoms in total. The van der Waals surface area contributed by atoms with Crippen molar-refractivity contribution in [2.24, 2.45) is 5.92 Å². The van der Waals surface area contributed by atoms with Crippen molar-refractivity contribution in [3.8, 4) is 11.5 Å². The first-order valence-corrected chi connectivity index (χ1v) is 15.7. The third kappa shape index (κ3) is 7.35. The van der Waals surface area contributed by atoms with Gasteiger partial charge in [0.05, 0.1) is 3.79 Å². The molecule has 214 valence electrons. The van der Waals surface area contributed by atoms with Crippen LogP contribution in [0.5, 0.6) is 11.5 Å². The number of nitrogens with zero attached hydrogens (tertiary/aromatic N) is 1. The zero-order valence-electron chi connectivity index (χ0n) is 23.6. The number of carboxylic acids is 1. The Labute approximate surface area is 253 Å². The molecule has 4 aromatic rings. The zero-order valence-corrected chi connectivity index (χ0v) is 26.0. The van der Waals surface area contributed by atoms with E-state index in [2.05, 4.69) is 54.2 Å². The van der Waals surface area contributed by atoms with Gasteiger partial charge in [0.2, 0.25) is 0 Å². The van der Waals surface area contributed by atoms with Crippen LogP contribution in [0.25, 0.3) is 10.8 Å². The van der Waals surface area contributed by atoms with Crippen LogP contribution in [0, 0.1) is 5.92 Å². The van der Waals surface area contributed by atoms with Gasteiger partial charge in [0.25, 0.3) is 5.91 Å². The normalized spacial score (nSPS) is 14.7. The number of carbonyl (C=O) groups excluding carboxylic acids is 1. The zero-order chi connectivity index (χ0) is 29.1. The number of thiophene rings is 1. The number of pyridine rings is 1. The van der Waals surface area contributed by atoms with Gasteiger partial charge in [-0.15, -0.1) is 11.3 Å². The number of ether oxygens (including phenoxy) is 1. The van der Waals surface area contributed by atoms with Crippen molar-refractivity contribution < 1.29 is 19.4 Å². The summed E-state index contributed by atoms with van der Waals surface area (Å²) >= 11 is 4.87. The molecule has 0 bridgehead atoms. The van der Waals surface area contributed by atoms with Crippen molar-refractivity contribution in [3.05, 3.63) is 86.3 Å². The van der Waals surface area contributed by atoms with Crippen LogP contribution in [0.2, 0.25) is 0 Å². The second-order valence-corrected chi connectivity index (χ2v) is 14.4. The molecule has 8 heteroatoms. The minimum absolute atomic E-state index is 0.0570. The molecule has 1 unspecified atom stereocenters. The Balaban J connectivity index is 1.43. The monoisotopic (exact) mass is 634 g/mol. The maximum absolute atomic E-state index is 13.4. The first-order valence-electron chi connectivity index (χ1n) is 14.0. The molecule has 0 saturated heterocycles. The number of carbonyl (C=O) groups is 2. The van der Waals surface area contributed by atoms with Gasteiger partial charge in [-0.2, -0.15) is 0 Å². The highest BCUT2D eigenvalue weighted by Crippen LogP contribution is 2.33. The number of halogens is 1. The predicted octanol–water partition coefficient (Wildman–Crippen LogP) is 8.31. The number of benzene rings is 2. The van der Waals surface area contributed by atoms with E-state index in [4.69, 9.17) is 9.72 Å². The highest BCUT2D eigenvalue weighted by molar-refractivity contribution is 9.11. The Hall–Kier alpha value is -3.23. The lowest BCUT2D eigenvalue weighted by atomic mass is 9.87. The van der Waals surface area contributed by atoms with Crippen molar-refractivity contribution in [3.63, 3.8) is 0 Å². The van der Waals surface area contributed by atoms with Gasteiger partial charge in [0.15, 0.2) is 0 Å². The Bertz CT molecular complexity index is 1550. The fourth-order valence-corrected chi connectivity index (χ4v) is 6.91. The minimum Gasteiger partial charge on any atom is -0.480 e. The number of fused-ring (bicyclic) bond motifs is 1. The van der Waals surface area contributed by atoms with Crippen LogP contribution in [0.15, 0.2) is 64.5 Å². The standard InChI is InChI=1S/C33H35BrN2O4S/c1-33(2,3)22-8-10-23(11-9-22)40-24-12-14-26-21(17-24)18-28(35-27(26)16-20-6-4-5-7-20)31(37)36-29(32(38)39)19-25-13-15-30(34)41-25/h8-15,17-18,20,29H,4-7,16,19H2,1-3H3,(H,36,37)(H,38,39). The maximum atomic E-state index is 13.4. The lowest BCUT2D eigenvalue weighted by molar-refractivity contribution is -0.139. The number of aromatic nitrogens is 1. The first kappa shape index (κ1) is 29.3. The smallest absolute Gasteiger partial charge is 0.326 e. The van der Waals surface area contributed by atoms with Crippen LogP contribution >= 0.6 is 27.3 Å². The molecule has 2 heterocycles. The molecular formula is C33H35BrN2O4S. The second kappa shape index (κ2) is 12.3. The van der Waals surface area contributed by atoms with Gasteiger partial charge in [0.1, 0.15) is 23.2 Å². The summed E-state index contributed by atoms with van der Waals surface area (Å²) in [5, 5.41) is 14.4. The fraction of sp³-hybridized carbons (Fsp3) is 0.364. The van der Waals surface area contributed by atoms with Crippen molar-refractivity contribution in [2.45, 2.75) is 70.8 Å². The Kier molecular flexibility index (Phi) is 8.80. The summed E-state index contributed by atoms with van der Waals surface area (Å²) in [6, 6.07) is 18.4. The fourth-order valence-electron chi connectivity index (χ4n) is 5.39. The summed E-state index contributed by atoms with van der Waals surface area (Å²) in [4.78, 5) is 31.1. The molecular weight excluding hydrogens is 600 g/mol. The van der Waals surface area contributed by atoms with E-state index < -0.39 is 17.9 Å². The van der Waals surface area contributed by atoms with E-state index in [9.17, 15) is 14.7 Å². The van der Waals surface area contributed by atoms with Crippen molar-refractivity contribution in [2.75, 3.05) is 0 Å². The number of aliphatic carboxylic acids is 1. The van der Waals surface area contributed by atoms with Crippen LogP contribution in [-0.4, -0.2) is 28.0 Å². The first-order chi connectivity index (χ1) is 19.5. The van der Waals surface area contributed by atoms with Gasteiger partial charge in [0, 0.05) is 22.4 Å². The Morgan fingerprint density at radius 3 is 2.39 bits per heavy atom. The van der Waals surface area contributed by atoms with E-state index in [0.717, 1.165) is 50.1 Å². The van der Waals surface area contributed by atoms with Gasteiger partial charge < -0.3 is 15.2 Å². The molecule has 2 aromatic heterocycles. The van der Waals surface area contributed by atoms with E-state index >= 15 is 0 Å². The molecule has 1 saturated carbocycles. The summed E-state index contributed by atoms with van der Waals surface area (Å²) in [5.74, 6) is 0.358. The molecule has 5 rings (SSSR count). The van der Waals surface area contributed by atoms with Crippen LogP contribution in [0.3, 0.4) is 0 Å². The van der Waals surface area contributed by atoms with Crippen molar-refractivity contribution in [1.82, 2.24) is 10.3 Å². The van der Waals surface area contributed by atoms with Gasteiger partial charge in [-0.3, -0.25) is 4.79 Å². The van der Waals surface area contributed by atoms with Crippen LogP contribution in [0.1, 0.15) is 73.1 Å². The molecule has 1 fully saturated rings. The minimum atomic E-state index is -1.08. The Morgan fingerprint density at radius 2 is 1.76 bits per heavy atom. The quantitative estimate of drug-likeness (QED) is 0.193. The SMILES string of the molecule is CC(C)(C)c1ccc(Oc2ccc3c(CC4CCCC4)nc(C(=O)NC(Cc4ccc(Br)s4)C(=O)O)cc3c2)cc1. The summed E-state index contributed by atoms with van der Waals surface area (Å²) < 4.78 is 7.11. The van der Waals surface area contributed by atoms with E-state index in [1.165, 1.54) is 29.7 Å². The van der Waals surface area contributed by atoms with E-state index in [0.29, 0.717) is 11.7 Å². The largest absolute Gasteiger partial charge is 0.480 e. The van der Waals surface area contributed by atoms with Gasteiger partial charge in [-0.05, 0) is 93.2 Å². The molecule has 1 amide bonds. The highest BCUT2D eigenvalue weighted by atomic mass is 79.9. The molecule has 2 aromatic carbocycles. The molecule has 1 atom stereocenters. The number of hydrogen-bond acceptors (Lipinski definition) is 5. The number of amides is 1. The lowest BCUT2D eigenvalue weighted by Gasteiger charge is -2.19. The molecule has 0 radical (unpaired) electrons. The lowest BCUT2D eigenvalue weighted by Crippen LogP contribution is -2.42. The average Bonchev–Trinajstić information content (AvgIpc) is 3.59. The summed E-state index contributed by atoms with van der Waals surface area (Å²) in [5.41, 5.74) is 2.38. The number of rotatable bonds is 9. The van der Waals surface area contributed by atoms with Crippen molar-refractivity contribution >= 4 is 49.9 Å². The summed E-state index contributed by atoms with van der Waals surface area (Å²) in [7, 11) is 0. The molecule has 0 spiro atoms. The van der Waals surface area contributed by atoms with E-state index in [-0.39, 0.29) is 17.5 Å². The van der Waals surface area contributed by atoms with Crippen LogP contribution in [0.4, 0.5) is 0 Å². The van der Waals surface area contributed by atoms with E-state index in [1.807, 2.05) is 42.5 Å². The number of nitrogens with one attached hydrogen (secondary N) is 1. The molecule has 2 N–H and O–H groups in total. The van der Waals surface area contributed by atoms with Gasteiger partial charge >= 0.3 is 5.97 Å². The Morgan fingerprint density at radius 1 is 1.05 bits per heavy atom. The van der Waals surface area contributed by atoms with Gasteiger partial charge in [-0.1, -0.05) is 58.6 Å². The third-order valence-electron chi connectivity index (χ3n) is 7.66. The molecule has 1 aliphatic carbocycles. The highest BCUT2D eigenvalue weighted by Gasteiger charge is 2.24. The summed E-state index contributed by atoms with van der Waals surface area (Å²) in [6.45, 7) is 6.53. The molecule has 41 heavy (non-hydrogen) atoms. The number of hydrogen-bond donors (Lipinski definition) is 2. The third-order valence-corrected chi connectivity index (χ3v) is 9.31. The average molecular weight is 636 g/mol. The second-order valence-electron chi connectivity index (χ2n) is 11.8.